The first-order valence-electron chi connectivity index (χ1n) is 8.54. The molecule has 6 heteroatoms. The van der Waals surface area contributed by atoms with Crippen molar-refractivity contribution in [2.24, 2.45) is 4.99 Å². The van der Waals surface area contributed by atoms with Gasteiger partial charge in [0.2, 0.25) is 0 Å². The summed E-state index contributed by atoms with van der Waals surface area (Å²) < 4.78 is 5.36. The molecule has 0 radical (unpaired) electrons. The van der Waals surface area contributed by atoms with Crippen LogP contribution >= 0.6 is 0 Å². The van der Waals surface area contributed by atoms with E-state index in [0.717, 1.165) is 70.6 Å². The fourth-order valence-corrected chi connectivity index (χ4v) is 2.69. The van der Waals surface area contributed by atoms with Crippen LogP contribution in [-0.4, -0.2) is 68.8 Å². The molecule has 1 aliphatic rings. The van der Waals surface area contributed by atoms with Gasteiger partial charge in [-0.25, -0.2) is 4.98 Å². The third-order valence-corrected chi connectivity index (χ3v) is 3.97. The molecular formula is C17H29N5O. The minimum atomic E-state index is 0.801. The summed E-state index contributed by atoms with van der Waals surface area (Å²) in [5.74, 6) is 2.06. The van der Waals surface area contributed by atoms with Gasteiger partial charge in [-0.1, -0.05) is 6.07 Å². The number of pyridine rings is 1. The number of anilines is 1. The number of piperazine rings is 1. The first kappa shape index (κ1) is 17.5. The van der Waals surface area contributed by atoms with Gasteiger partial charge in [0, 0.05) is 59.2 Å². The molecule has 0 aromatic carbocycles. The van der Waals surface area contributed by atoms with Gasteiger partial charge in [0.15, 0.2) is 5.96 Å². The van der Waals surface area contributed by atoms with Gasteiger partial charge >= 0.3 is 0 Å². The Hall–Kier alpha value is -1.82. The summed E-state index contributed by atoms with van der Waals surface area (Å²) >= 11 is 0. The van der Waals surface area contributed by atoms with Crippen LogP contribution in [0, 0.1) is 0 Å². The number of nitrogens with one attached hydrogen (secondary N) is 1. The lowest BCUT2D eigenvalue weighted by Gasteiger charge is -2.37. The Balaban J connectivity index is 1.70. The monoisotopic (exact) mass is 319 g/mol. The van der Waals surface area contributed by atoms with Gasteiger partial charge in [-0.05, 0) is 31.9 Å². The average Bonchev–Trinajstić information content (AvgIpc) is 2.62. The number of rotatable bonds is 7. The molecule has 128 valence electrons. The van der Waals surface area contributed by atoms with E-state index in [1.54, 1.807) is 0 Å². The normalized spacial score (nSPS) is 15.8. The lowest BCUT2D eigenvalue weighted by Crippen LogP contribution is -2.52. The molecule has 2 heterocycles. The number of aliphatic imine (C=N–C) groups is 1. The maximum absolute atomic E-state index is 5.36. The number of nitrogens with zero attached hydrogens (tertiary/aromatic N) is 4. The Bertz CT molecular complexity index is 457. The number of hydrogen-bond donors (Lipinski definition) is 1. The second kappa shape index (κ2) is 10.0. The van der Waals surface area contributed by atoms with E-state index < -0.39 is 0 Å². The van der Waals surface area contributed by atoms with Crippen LogP contribution in [0.1, 0.15) is 19.8 Å². The van der Waals surface area contributed by atoms with Crippen molar-refractivity contribution in [1.82, 2.24) is 15.2 Å². The number of ether oxygens (including phenoxy) is 1. The lowest BCUT2D eigenvalue weighted by molar-refractivity contribution is 0.143. The molecule has 0 spiro atoms. The maximum atomic E-state index is 5.36. The van der Waals surface area contributed by atoms with E-state index in [1.165, 1.54) is 0 Å². The van der Waals surface area contributed by atoms with Crippen molar-refractivity contribution in [3.63, 3.8) is 0 Å². The third kappa shape index (κ3) is 5.71. The smallest absolute Gasteiger partial charge is 0.193 e. The molecule has 0 bridgehead atoms. The summed E-state index contributed by atoms with van der Waals surface area (Å²) in [4.78, 5) is 13.5. The molecule has 0 atom stereocenters. The number of aromatic nitrogens is 1. The van der Waals surface area contributed by atoms with Crippen molar-refractivity contribution in [3.05, 3.63) is 24.4 Å². The van der Waals surface area contributed by atoms with E-state index in [1.807, 2.05) is 32.3 Å². The molecule has 1 fully saturated rings. The first-order chi connectivity index (χ1) is 11.3. The van der Waals surface area contributed by atoms with Gasteiger partial charge in [-0.3, -0.25) is 4.99 Å². The molecule has 2 rings (SSSR count). The van der Waals surface area contributed by atoms with Crippen molar-refractivity contribution >= 4 is 11.8 Å². The Morgan fingerprint density at radius 2 is 2.09 bits per heavy atom. The van der Waals surface area contributed by atoms with Crippen LogP contribution in [0.3, 0.4) is 0 Å². The second-order valence-electron chi connectivity index (χ2n) is 5.54. The highest BCUT2D eigenvalue weighted by molar-refractivity contribution is 5.80. The van der Waals surface area contributed by atoms with Gasteiger partial charge in [-0.15, -0.1) is 0 Å². The number of guanidine groups is 1. The minimum absolute atomic E-state index is 0.801. The Morgan fingerprint density at radius 3 is 2.74 bits per heavy atom. The predicted molar refractivity (Wildman–Crippen MR) is 95.1 cm³/mol. The first-order valence-corrected chi connectivity index (χ1v) is 8.54. The van der Waals surface area contributed by atoms with E-state index >= 15 is 0 Å². The maximum Gasteiger partial charge on any atom is 0.193 e. The predicted octanol–water partition coefficient (Wildman–Crippen LogP) is 1.60. The van der Waals surface area contributed by atoms with Crippen molar-refractivity contribution in [3.8, 4) is 0 Å². The Morgan fingerprint density at radius 1 is 1.26 bits per heavy atom. The number of hydrogen-bond acceptors (Lipinski definition) is 4. The molecule has 0 amide bonds. The zero-order valence-corrected chi connectivity index (χ0v) is 14.4. The van der Waals surface area contributed by atoms with Crippen LogP contribution in [0.2, 0.25) is 0 Å². The van der Waals surface area contributed by atoms with E-state index in [4.69, 9.17) is 4.74 Å². The highest BCUT2D eigenvalue weighted by Gasteiger charge is 2.19. The SMILES string of the molecule is CCOCCCCNC(=NC)N1CCN(c2ccccn2)CC1. The lowest BCUT2D eigenvalue weighted by atomic mass is 10.3. The molecule has 23 heavy (non-hydrogen) atoms. The quantitative estimate of drug-likeness (QED) is 0.470. The third-order valence-electron chi connectivity index (χ3n) is 3.97. The van der Waals surface area contributed by atoms with Gasteiger partial charge in [0.25, 0.3) is 0 Å². The van der Waals surface area contributed by atoms with Gasteiger partial charge in [0.1, 0.15) is 5.82 Å². The van der Waals surface area contributed by atoms with Crippen LogP contribution in [0.25, 0.3) is 0 Å². The molecule has 0 aliphatic carbocycles. The van der Waals surface area contributed by atoms with Crippen molar-refractivity contribution < 1.29 is 4.74 Å². The fraction of sp³-hybridized carbons (Fsp3) is 0.647. The summed E-state index contributed by atoms with van der Waals surface area (Å²) in [6.07, 6.45) is 4.04. The standard InChI is InChI=1S/C17H29N5O/c1-3-23-15-7-6-10-20-17(18-2)22-13-11-21(12-14-22)16-8-4-5-9-19-16/h4-5,8-9H,3,6-7,10-15H2,1-2H3,(H,18,20). The Kier molecular flexibility index (Phi) is 7.66. The molecule has 6 nitrogen and oxygen atoms in total. The van der Waals surface area contributed by atoms with Crippen LogP contribution in [0.15, 0.2) is 29.4 Å². The molecule has 1 N–H and O–H groups in total. The van der Waals surface area contributed by atoms with Gasteiger partial charge in [0.05, 0.1) is 0 Å². The van der Waals surface area contributed by atoms with Crippen LogP contribution in [0.5, 0.6) is 0 Å². The highest BCUT2D eigenvalue weighted by Crippen LogP contribution is 2.12. The van der Waals surface area contributed by atoms with E-state index in [9.17, 15) is 0 Å². The van der Waals surface area contributed by atoms with Gasteiger partial charge < -0.3 is 19.9 Å². The second-order valence-corrected chi connectivity index (χ2v) is 5.54. The summed E-state index contributed by atoms with van der Waals surface area (Å²) in [5, 5.41) is 3.46. The zero-order chi connectivity index (χ0) is 16.3. The average molecular weight is 319 g/mol. The summed E-state index contributed by atoms with van der Waals surface area (Å²) in [6.45, 7) is 8.51. The van der Waals surface area contributed by atoms with Crippen LogP contribution in [0.4, 0.5) is 5.82 Å². The summed E-state index contributed by atoms with van der Waals surface area (Å²) in [6, 6.07) is 6.07. The van der Waals surface area contributed by atoms with Crippen LogP contribution < -0.4 is 10.2 Å². The van der Waals surface area contributed by atoms with Crippen molar-refractivity contribution in [2.45, 2.75) is 19.8 Å². The molecular weight excluding hydrogens is 290 g/mol. The molecule has 1 aromatic rings. The van der Waals surface area contributed by atoms with Crippen molar-refractivity contribution in [1.29, 1.82) is 0 Å². The topological polar surface area (TPSA) is 53.0 Å². The molecule has 0 unspecified atom stereocenters. The molecule has 1 aliphatic heterocycles. The molecule has 1 saturated heterocycles. The van der Waals surface area contributed by atoms with Gasteiger partial charge in [-0.2, -0.15) is 0 Å². The molecule has 0 saturated carbocycles. The number of unbranched alkanes of at least 4 members (excludes halogenated alkanes) is 1. The fourth-order valence-electron chi connectivity index (χ4n) is 2.69. The Labute approximate surface area is 139 Å². The van der Waals surface area contributed by atoms with E-state index in [-0.39, 0.29) is 0 Å². The zero-order valence-electron chi connectivity index (χ0n) is 14.4. The minimum Gasteiger partial charge on any atom is -0.382 e. The van der Waals surface area contributed by atoms with E-state index in [2.05, 4.69) is 31.2 Å². The van der Waals surface area contributed by atoms with E-state index in [0.29, 0.717) is 0 Å². The summed E-state index contributed by atoms with van der Waals surface area (Å²) in [5.41, 5.74) is 0. The summed E-state index contributed by atoms with van der Waals surface area (Å²) in [7, 11) is 1.85. The molecule has 1 aromatic heterocycles. The van der Waals surface area contributed by atoms with Crippen molar-refractivity contribution in [2.75, 3.05) is 57.9 Å². The largest absolute Gasteiger partial charge is 0.382 e. The highest BCUT2D eigenvalue weighted by atomic mass is 16.5. The van der Waals surface area contributed by atoms with Crippen LogP contribution in [-0.2, 0) is 4.74 Å².